The normalized spacial score (nSPS) is 25.7. The number of H-pyrrole nitrogens is 1. The van der Waals surface area contributed by atoms with Gasteiger partial charge in [0, 0.05) is 65.9 Å². The first-order chi connectivity index (χ1) is 17.4. The largest absolute Gasteiger partial charge is 0.346 e. The Morgan fingerprint density at radius 2 is 1.78 bits per heavy atom. The summed E-state index contributed by atoms with van der Waals surface area (Å²) in [6, 6.07) is 8.91. The number of rotatable bonds is 2. The Labute approximate surface area is 211 Å². The third-order valence-electron chi connectivity index (χ3n) is 9.32. The quantitative estimate of drug-likeness (QED) is 0.602. The van der Waals surface area contributed by atoms with Gasteiger partial charge in [-0.15, -0.1) is 0 Å². The average molecular weight is 484 g/mol. The second-order valence-corrected chi connectivity index (χ2v) is 11.6. The number of nitrogens with one attached hydrogen (secondary N) is 1. The molecule has 4 aliphatic rings. The van der Waals surface area contributed by atoms with Gasteiger partial charge in [-0.3, -0.25) is 9.59 Å². The third-order valence-corrected chi connectivity index (χ3v) is 9.32. The van der Waals surface area contributed by atoms with Crippen LogP contribution >= 0.6 is 0 Å². The number of piperazine rings is 1. The highest BCUT2D eigenvalue weighted by molar-refractivity contribution is 6.04. The molecule has 7 heteroatoms. The Kier molecular flexibility index (Phi) is 4.92. The summed E-state index contributed by atoms with van der Waals surface area (Å²) >= 11 is 0. The molecule has 1 aliphatic carbocycles. The maximum Gasteiger partial charge on any atom is 0.256 e. The first kappa shape index (κ1) is 22.2. The van der Waals surface area contributed by atoms with Crippen LogP contribution in [0.5, 0.6) is 0 Å². The second-order valence-electron chi connectivity index (χ2n) is 11.6. The number of hydrogen-bond acceptors (Lipinski definition) is 5. The number of aromatic nitrogens is 2. The van der Waals surface area contributed by atoms with Crippen LogP contribution in [0.15, 0.2) is 36.7 Å². The lowest BCUT2D eigenvalue weighted by Crippen LogP contribution is -2.54. The molecule has 0 radical (unpaired) electrons. The molecule has 1 spiro atoms. The Hall–Kier alpha value is -3.03. The predicted octanol–water partition coefficient (Wildman–Crippen LogP) is 3.70. The van der Waals surface area contributed by atoms with E-state index in [4.69, 9.17) is 0 Å². The number of benzene rings is 1. The lowest BCUT2D eigenvalue weighted by atomic mass is 9.73. The van der Waals surface area contributed by atoms with E-state index in [2.05, 4.69) is 50.9 Å². The number of nitrogens with zero attached hydrogens (tertiary/aromatic N) is 4. The molecule has 3 aliphatic heterocycles. The second kappa shape index (κ2) is 7.98. The monoisotopic (exact) mass is 483 g/mol. The van der Waals surface area contributed by atoms with Crippen molar-refractivity contribution in [3.63, 3.8) is 0 Å². The van der Waals surface area contributed by atoms with Crippen molar-refractivity contribution in [2.75, 3.05) is 40.3 Å². The number of likely N-dealkylation sites (N-methyl/N-ethyl adjacent to an activating group) is 1. The molecule has 1 N–H and O–H groups in total. The smallest absolute Gasteiger partial charge is 0.256 e. The number of piperidine rings is 1. The van der Waals surface area contributed by atoms with Crippen LogP contribution in [0.25, 0.3) is 22.2 Å². The van der Waals surface area contributed by atoms with Crippen LogP contribution in [-0.4, -0.2) is 88.7 Å². The Morgan fingerprint density at radius 1 is 1.03 bits per heavy atom. The van der Waals surface area contributed by atoms with E-state index in [1.165, 1.54) is 5.56 Å². The van der Waals surface area contributed by atoms with E-state index < -0.39 is 0 Å². The first-order valence-corrected chi connectivity index (χ1v) is 13.3. The fourth-order valence-electron chi connectivity index (χ4n) is 7.34. The van der Waals surface area contributed by atoms with Crippen LogP contribution in [0.2, 0.25) is 0 Å². The zero-order valence-corrected chi connectivity index (χ0v) is 21.1. The van der Waals surface area contributed by atoms with Gasteiger partial charge in [0.2, 0.25) is 0 Å². The molecule has 0 saturated carbocycles. The molecule has 3 aromatic rings. The van der Waals surface area contributed by atoms with Crippen molar-refractivity contribution in [1.29, 1.82) is 0 Å². The van der Waals surface area contributed by atoms with Crippen molar-refractivity contribution >= 4 is 22.7 Å². The minimum atomic E-state index is -0.0406. The van der Waals surface area contributed by atoms with Gasteiger partial charge in [0.25, 0.3) is 5.91 Å². The van der Waals surface area contributed by atoms with Gasteiger partial charge in [-0.05, 0) is 76.1 Å². The highest BCUT2D eigenvalue weighted by Crippen LogP contribution is 2.47. The van der Waals surface area contributed by atoms with Crippen LogP contribution in [0, 0.1) is 0 Å². The van der Waals surface area contributed by atoms with E-state index in [1.54, 1.807) is 6.20 Å². The minimum absolute atomic E-state index is 0.0406. The lowest BCUT2D eigenvalue weighted by Gasteiger charge is -2.39. The van der Waals surface area contributed by atoms with Crippen LogP contribution in [0.4, 0.5) is 0 Å². The summed E-state index contributed by atoms with van der Waals surface area (Å²) in [5.74, 6) is 0.373. The number of Topliss-reactive ketones (excluding diaryl/α,β-unsaturated/α-hetero) is 1. The number of ketones is 1. The molecule has 5 heterocycles. The number of carbonyl (C=O) groups is 2. The van der Waals surface area contributed by atoms with Gasteiger partial charge in [0.15, 0.2) is 5.78 Å². The average Bonchev–Trinajstić information content (AvgIpc) is 3.51. The molecule has 3 fully saturated rings. The SMILES string of the molecule is CN1CCC2(CC1)CC(=O)c1ccc(-c3c[nH]c4ncc(C(=O)N5C6CCC5CN(C)C6)cc34)cc12. The molecule has 2 unspecified atom stereocenters. The number of amides is 1. The predicted molar refractivity (Wildman–Crippen MR) is 139 cm³/mol. The lowest BCUT2D eigenvalue weighted by molar-refractivity contribution is 0.0472. The van der Waals surface area contributed by atoms with Gasteiger partial charge in [-0.25, -0.2) is 4.98 Å². The van der Waals surface area contributed by atoms with E-state index in [1.807, 2.05) is 18.3 Å². The molecule has 1 amide bonds. The van der Waals surface area contributed by atoms with E-state index in [9.17, 15) is 9.59 Å². The van der Waals surface area contributed by atoms with Crippen molar-refractivity contribution in [3.8, 4) is 11.1 Å². The molecule has 7 nitrogen and oxygen atoms in total. The van der Waals surface area contributed by atoms with E-state index in [-0.39, 0.29) is 17.1 Å². The maximum absolute atomic E-state index is 13.6. The molecular formula is C29H33N5O2. The summed E-state index contributed by atoms with van der Waals surface area (Å²) < 4.78 is 0. The molecule has 7 rings (SSSR count). The highest BCUT2D eigenvalue weighted by atomic mass is 16.2. The number of fused-ring (bicyclic) bond motifs is 5. The minimum Gasteiger partial charge on any atom is -0.346 e. The molecule has 2 aromatic heterocycles. The summed E-state index contributed by atoms with van der Waals surface area (Å²) in [7, 11) is 4.30. The molecule has 186 valence electrons. The maximum atomic E-state index is 13.6. The molecule has 3 saturated heterocycles. The third kappa shape index (κ3) is 3.29. The summed E-state index contributed by atoms with van der Waals surface area (Å²) in [5, 5.41) is 0.962. The molecule has 2 atom stereocenters. The van der Waals surface area contributed by atoms with Gasteiger partial charge in [0.05, 0.1) is 5.56 Å². The van der Waals surface area contributed by atoms with Crippen LogP contribution < -0.4 is 0 Å². The van der Waals surface area contributed by atoms with Gasteiger partial charge in [-0.2, -0.15) is 0 Å². The summed E-state index contributed by atoms with van der Waals surface area (Å²) in [4.78, 5) is 41.3. The number of likely N-dealkylation sites (tertiary alicyclic amines) is 2. The van der Waals surface area contributed by atoms with Crippen LogP contribution in [-0.2, 0) is 5.41 Å². The Balaban J connectivity index is 1.26. The molecule has 1 aromatic carbocycles. The van der Waals surface area contributed by atoms with E-state index >= 15 is 0 Å². The van der Waals surface area contributed by atoms with Gasteiger partial charge < -0.3 is 19.7 Å². The van der Waals surface area contributed by atoms with Gasteiger partial charge in [0.1, 0.15) is 5.65 Å². The fourth-order valence-corrected chi connectivity index (χ4v) is 7.34. The number of pyridine rings is 1. The van der Waals surface area contributed by atoms with E-state index in [0.29, 0.717) is 24.1 Å². The summed E-state index contributed by atoms with van der Waals surface area (Å²) in [6.07, 6.45) is 8.54. The van der Waals surface area contributed by atoms with Crippen LogP contribution in [0.3, 0.4) is 0 Å². The molecule has 36 heavy (non-hydrogen) atoms. The molecule has 2 bridgehead atoms. The van der Waals surface area contributed by atoms with Crippen molar-refractivity contribution in [1.82, 2.24) is 24.7 Å². The van der Waals surface area contributed by atoms with Gasteiger partial charge in [-0.1, -0.05) is 12.1 Å². The Bertz CT molecular complexity index is 1370. The summed E-state index contributed by atoms with van der Waals surface area (Å²) in [5.41, 5.74) is 5.63. The standard InChI is InChI=1S/C29H33N5O2/c1-32-9-7-29(8-10-32)13-26(35)22-6-3-18(12-25(22)29)24-15-31-27-23(24)11-19(14-30-27)28(36)34-20-4-5-21(34)17-33(2)16-20/h3,6,11-12,14-15,20-21H,4-5,7-10,13,16-17H2,1-2H3,(H,30,31). The van der Waals surface area contributed by atoms with Crippen LogP contribution in [0.1, 0.15) is 58.4 Å². The van der Waals surface area contributed by atoms with Crippen molar-refractivity contribution in [2.45, 2.75) is 49.6 Å². The zero-order valence-electron chi connectivity index (χ0n) is 21.1. The first-order valence-electron chi connectivity index (χ1n) is 13.3. The zero-order chi connectivity index (χ0) is 24.6. The number of carbonyl (C=O) groups excluding carboxylic acids is 2. The topological polar surface area (TPSA) is 72.5 Å². The number of aromatic amines is 1. The molecular weight excluding hydrogens is 450 g/mol. The van der Waals surface area contributed by atoms with Crippen molar-refractivity contribution in [2.24, 2.45) is 0 Å². The van der Waals surface area contributed by atoms with Crippen molar-refractivity contribution in [3.05, 3.63) is 53.3 Å². The Morgan fingerprint density at radius 3 is 2.53 bits per heavy atom. The van der Waals surface area contributed by atoms with Gasteiger partial charge >= 0.3 is 0 Å². The highest BCUT2D eigenvalue weighted by Gasteiger charge is 2.45. The number of hydrogen-bond donors (Lipinski definition) is 1. The van der Waals surface area contributed by atoms with Crippen molar-refractivity contribution < 1.29 is 9.59 Å². The fraction of sp³-hybridized carbons (Fsp3) is 0.483. The van der Waals surface area contributed by atoms with E-state index in [0.717, 1.165) is 79.6 Å². The summed E-state index contributed by atoms with van der Waals surface area (Å²) in [6.45, 7) is 3.93.